The van der Waals surface area contributed by atoms with Crippen molar-refractivity contribution in [2.75, 3.05) is 28.4 Å². The third kappa shape index (κ3) is 18.9. The number of methoxy groups -OCH3 is 4. The molecule has 0 unspecified atom stereocenters. The number of pyridine rings is 2. The Morgan fingerprint density at radius 2 is 0.531 bits per heavy atom. The van der Waals surface area contributed by atoms with Crippen LogP contribution in [0.15, 0.2) is 153 Å². The minimum absolute atomic E-state index is 0. The van der Waals surface area contributed by atoms with Crippen molar-refractivity contribution in [3.05, 3.63) is 156 Å². The fraction of sp³-hybridized carbons (Fsp3) is 0.174. The average Bonchev–Trinajstić information content (AvgIpc) is 3.26. The van der Waals surface area contributed by atoms with Crippen molar-refractivity contribution in [3.63, 3.8) is 0 Å². The molecule has 0 amide bonds. The molecule has 1 radical (unpaired) electrons. The predicted octanol–water partition coefficient (Wildman–Crippen LogP) is 14.1. The van der Waals surface area contributed by atoms with Crippen LogP contribution in [0.5, 0.6) is 23.0 Å². The van der Waals surface area contributed by atoms with Crippen LogP contribution in [-0.4, -0.2) is 61.3 Å². The summed E-state index contributed by atoms with van der Waals surface area (Å²) in [6.45, 7) is 7.80. The van der Waals surface area contributed by atoms with Crippen molar-refractivity contribution in [2.45, 2.75) is 27.7 Å². The van der Waals surface area contributed by atoms with E-state index in [1.807, 2.05) is 161 Å². The first-order valence-corrected chi connectivity index (χ1v) is 20.9. The van der Waals surface area contributed by atoms with E-state index in [4.69, 9.17) is 28.9 Å². The maximum absolute atomic E-state index is 10.7. The molecule has 0 aliphatic carbocycles. The van der Waals surface area contributed by atoms with Crippen molar-refractivity contribution in [1.82, 2.24) is 9.97 Å². The monoisotopic (exact) mass is 946 g/mol. The molecule has 0 saturated carbocycles. The molecule has 4 aromatic carbocycles. The molecule has 0 atom stereocenters. The Morgan fingerprint density at radius 1 is 0.359 bits per heavy atom. The van der Waals surface area contributed by atoms with E-state index in [2.05, 4.69) is 20.0 Å². The van der Waals surface area contributed by atoms with Gasteiger partial charge in [0.05, 0.1) is 96.8 Å². The standard InChI is InChI=1S/2C23H23N3O2.F6P.Mn/c2*1-16(24-18-8-12-20(27-3)13-9-18)22-6-5-7-23(26-22)17(2)25-19-10-14-21(28-4)15-11-19;1-7(2,3,4,5)6;/h2*5-15H,1-4H3;;/q;;-1;. The topological polar surface area (TPSA) is 112 Å². The quantitative estimate of drug-likeness (QED) is 0.0523. The van der Waals surface area contributed by atoms with Crippen LogP contribution in [0.2, 0.25) is 0 Å². The number of rotatable bonds is 12. The van der Waals surface area contributed by atoms with Gasteiger partial charge in [-0.2, -0.15) is 0 Å². The predicted molar refractivity (Wildman–Crippen MR) is 242 cm³/mol. The molecule has 0 saturated heterocycles. The molecule has 2 heterocycles. The van der Waals surface area contributed by atoms with Gasteiger partial charge in [0.25, 0.3) is 0 Å². The second-order valence-electron chi connectivity index (χ2n) is 13.4. The molecule has 0 fully saturated rings. The van der Waals surface area contributed by atoms with Crippen LogP contribution in [-0.2, 0) is 17.1 Å². The zero-order chi connectivity index (χ0) is 46.3. The van der Waals surface area contributed by atoms with Crippen molar-refractivity contribution < 1.29 is 61.2 Å². The average molecular weight is 947 g/mol. The fourth-order valence-electron chi connectivity index (χ4n) is 5.31. The number of aliphatic imine (C=N–C) groups is 4. The SMILES string of the molecule is COc1ccc(N=C(C)c2cccc(C(C)=Nc3ccc(OC)cc3)n2)cc1.COc1ccc(N=C(C)c2cccc(C(C)=Nc3ccc(OC)cc3)n2)cc1.F[P-](F)(F)(F)(F)F.[Mn]. The zero-order valence-corrected chi connectivity index (χ0v) is 38.2. The number of benzene rings is 4. The number of halogens is 6. The van der Waals surface area contributed by atoms with E-state index in [-0.39, 0.29) is 17.1 Å². The molecule has 0 aliphatic rings. The Morgan fingerprint density at radius 3 is 0.688 bits per heavy atom. The molecule has 0 N–H and O–H groups in total. The van der Waals surface area contributed by atoms with E-state index in [0.29, 0.717) is 0 Å². The summed E-state index contributed by atoms with van der Waals surface area (Å²) in [6.07, 6.45) is 0. The smallest absolute Gasteiger partial charge is 0 e. The second-order valence-corrected chi connectivity index (χ2v) is 15.3. The van der Waals surface area contributed by atoms with E-state index in [1.165, 1.54) is 0 Å². The summed E-state index contributed by atoms with van der Waals surface area (Å²) in [5.41, 5.74) is 10.0. The molecule has 6 aromatic rings. The number of nitrogens with zero attached hydrogens (tertiary/aromatic N) is 6. The molecule has 0 bridgehead atoms. The second kappa shape index (κ2) is 22.3. The van der Waals surface area contributed by atoms with Crippen LogP contribution >= 0.6 is 7.81 Å². The number of hydrogen-bond acceptors (Lipinski definition) is 10. The Bertz CT molecular complexity index is 2240. The van der Waals surface area contributed by atoms with Crippen molar-refractivity contribution in [1.29, 1.82) is 0 Å². The maximum Gasteiger partial charge on any atom is 0 e. The van der Waals surface area contributed by atoms with E-state index < -0.39 is 7.81 Å². The molecular weight excluding hydrogens is 900 g/mol. The molecule has 18 heteroatoms. The summed E-state index contributed by atoms with van der Waals surface area (Å²) >= 11 is 0. The van der Waals surface area contributed by atoms with Crippen molar-refractivity contribution in [3.8, 4) is 23.0 Å². The summed E-state index contributed by atoms with van der Waals surface area (Å²) in [5, 5.41) is 0. The molecule has 10 nitrogen and oxygen atoms in total. The number of ether oxygens (including phenoxy) is 4. The first-order chi connectivity index (χ1) is 29.6. The van der Waals surface area contributed by atoms with Gasteiger partial charge >= 0.3 is 33.0 Å². The summed E-state index contributed by atoms with van der Waals surface area (Å²) in [5.74, 6) is 3.23. The van der Waals surface area contributed by atoms with E-state index in [9.17, 15) is 25.2 Å². The Balaban J connectivity index is 0.000000292. The van der Waals surface area contributed by atoms with E-state index in [1.54, 1.807) is 28.4 Å². The van der Waals surface area contributed by atoms with Crippen LogP contribution in [0.3, 0.4) is 0 Å². The van der Waals surface area contributed by atoms with Gasteiger partial charge in [0.2, 0.25) is 0 Å². The molecule has 2 aromatic heterocycles. The molecule has 0 spiro atoms. The van der Waals surface area contributed by atoms with Gasteiger partial charge in [0.15, 0.2) is 0 Å². The third-order valence-corrected chi connectivity index (χ3v) is 8.46. The van der Waals surface area contributed by atoms with Crippen LogP contribution in [0.25, 0.3) is 0 Å². The Kier molecular flexibility index (Phi) is 18.1. The molecule has 64 heavy (non-hydrogen) atoms. The zero-order valence-electron chi connectivity index (χ0n) is 36.1. The van der Waals surface area contributed by atoms with Crippen LogP contribution in [0.1, 0.15) is 50.5 Å². The van der Waals surface area contributed by atoms with E-state index in [0.717, 1.165) is 91.4 Å². The first kappa shape index (κ1) is 51.9. The third-order valence-electron chi connectivity index (χ3n) is 8.46. The van der Waals surface area contributed by atoms with Crippen LogP contribution < -0.4 is 18.9 Å². The summed E-state index contributed by atoms with van der Waals surface area (Å²) in [7, 11) is -4.07. The number of hydrogen-bond donors (Lipinski definition) is 0. The van der Waals surface area contributed by atoms with Crippen LogP contribution in [0.4, 0.5) is 47.9 Å². The normalized spacial score (nSPS) is 13.0. The molecular formula is C46H46F6MnN6O4P-. The Hall–Kier alpha value is -6.41. The van der Waals surface area contributed by atoms with Gasteiger partial charge in [-0.15, -0.1) is 0 Å². The van der Waals surface area contributed by atoms with Gasteiger partial charge < -0.3 is 18.9 Å². The van der Waals surface area contributed by atoms with Gasteiger partial charge in [0.1, 0.15) is 23.0 Å². The van der Waals surface area contributed by atoms with Crippen molar-refractivity contribution >= 4 is 53.4 Å². The molecule has 0 aliphatic heterocycles. The van der Waals surface area contributed by atoms with Gasteiger partial charge in [-0.1, -0.05) is 12.1 Å². The van der Waals surface area contributed by atoms with Gasteiger partial charge in [-0.3, -0.25) is 20.0 Å². The van der Waals surface area contributed by atoms with Gasteiger partial charge in [0, 0.05) is 17.1 Å². The molecule has 6 rings (SSSR count). The first-order valence-electron chi connectivity index (χ1n) is 18.9. The van der Waals surface area contributed by atoms with Crippen LogP contribution in [0, 0.1) is 0 Å². The van der Waals surface area contributed by atoms with E-state index >= 15 is 0 Å². The minimum Gasteiger partial charge on any atom is 0 e. The van der Waals surface area contributed by atoms with Crippen molar-refractivity contribution in [2.24, 2.45) is 20.0 Å². The molecule has 339 valence electrons. The minimum atomic E-state index is -10.7. The Labute approximate surface area is 378 Å². The van der Waals surface area contributed by atoms with Gasteiger partial charge in [-0.05, 0) is 149 Å². The summed E-state index contributed by atoms with van der Waals surface area (Å²) < 4.78 is 79.9. The maximum atomic E-state index is 9.87. The fourth-order valence-corrected chi connectivity index (χ4v) is 5.31. The largest absolute Gasteiger partial charge is 0 e. The van der Waals surface area contributed by atoms with Gasteiger partial charge in [-0.25, -0.2) is 9.97 Å². The summed E-state index contributed by atoms with van der Waals surface area (Å²) in [6, 6.07) is 42.2. The summed E-state index contributed by atoms with van der Waals surface area (Å²) in [4.78, 5) is 28.1. The number of aromatic nitrogens is 2.